The van der Waals surface area contributed by atoms with Crippen molar-refractivity contribution < 1.29 is 24.6 Å². The van der Waals surface area contributed by atoms with Gasteiger partial charge in [-0.25, -0.2) is 4.79 Å². The minimum Gasteiger partial charge on any atom is -0.481 e. The summed E-state index contributed by atoms with van der Waals surface area (Å²) in [7, 11) is 0. The van der Waals surface area contributed by atoms with Crippen LogP contribution in [0, 0.1) is 6.92 Å². The van der Waals surface area contributed by atoms with E-state index in [9.17, 15) is 14.4 Å². The molecule has 0 aromatic heterocycles. The molecular weight excluding hydrogens is 318 g/mol. The van der Waals surface area contributed by atoms with Crippen LogP contribution in [0.15, 0.2) is 22.7 Å². The number of rotatable bonds is 5. The summed E-state index contributed by atoms with van der Waals surface area (Å²) in [4.78, 5) is 33.3. The molecule has 102 valence electrons. The van der Waals surface area contributed by atoms with Gasteiger partial charge in [0.1, 0.15) is 6.04 Å². The third kappa shape index (κ3) is 4.36. The third-order valence-corrected chi connectivity index (χ3v) is 2.92. The fraction of sp³-hybridized carbons (Fsp3) is 0.250. The quantitative estimate of drug-likeness (QED) is 0.757. The molecule has 1 rings (SSSR count). The van der Waals surface area contributed by atoms with Gasteiger partial charge in [-0.3, -0.25) is 9.59 Å². The largest absolute Gasteiger partial charge is 0.481 e. The molecule has 0 aliphatic heterocycles. The van der Waals surface area contributed by atoms with Gasteiger partial charge in [0.25, 0.3) is 5.91 Å². The molecule has 0 radical (unpaired) electrons. The van der Waals surface area contributed by atoms with Crippen LogP contribution in [0.1, 0.15) is 22.3 Å². The molecule has 1 atom stereocenters. The van der Waals surface area contributed by atoms with Crippen LogP contribution in [0.5, 0.6) is 0 Å². The van der Waals surface area contributed by atoms with Gasteiger partial charge >= 0.3 is 11.9 Å². The topological polar surface area (TPSA) is 104 Å². The number of hydrogen-bond donors (Lipinski definition) is 3. The first-order chi connectivity index (χ1) is 8.81. The molecule has 0 heterocycles. The lowest BCUT2D eigenvalue weighted by molar-refractivity contribution is -0.145. The predicted octanol–water partition coefficient (Wildman–Crippen LogP) is 1.42. The van der Waals surface area contributed by atoms with Crippen LogP contribution in [0.4, 0.5) is 0 Å². The summed E-state index contributed by atoms with van der Waals surface area (Å²) in [5.41, 5.74) is 0.964. The number of carbonyl (C=O) groups excluding carboxylic acids is 1. The minimum atomic E-state index is -1.46. The monoisotopic (exact) mass is 329 g/mol. The van der Waals surface area contributed by atoms with Crippen LogP contribution in [0.3, 0.4) is 0 Å². The van der Waals surface area contributed by atoms with E-state index in [0.717, 1.165) is 0 Å². The number of carboxylic acids is 2. The average Bonchev–Trinajstić information content (AvgIpc) is 2.30. The van der Waals surface area contributed by atoms with E-state index in [1.54, 1.807) is 25.1 Å². The van der Waals surface area contributed by atoms with Gasteiger partial charge in [0.15, 0.2) is 0 Å². The van der Waals surface area contributed by atoms with Crippen molar-refractivity contribution in [1.29, 1.82) is 0 Å². The summed E-state index contributed by atoms with van der Waals surface area (Å²) in [6.45, 7) is 1.70. The predicted molar refractivity (Wildman–Crippen MR) is 70.0 cm³/mol. The molecule has 0 aliphatic carbocycles. The summed E-state index contributed by atoms with van der Waals surface area (Å²) < 4.78 is 0.674. The molecule has 0 aliphatic rings. The van der Waals surface area contributed by atoms with Crippen LogP contribution in [-0.2, 0) is 9.59 Å². The van der Waals surface area contributed by atoms with Gasteiger partial charge in [-0.2, -0.15) is 0 Å². The number of nitrogens with one attached hydrogen (secondary N) is 1. The van der Waals surface area contributed by atoms with Gasteiger partial charge in [0, 0.05) is 10.0 Å². The number of carboxylic acid groups (broad SMARTS) is 2. The first-order valence-electron chi connectivity index (χ1n) is 5.33. The number of hydrogen-bond acceptors (Lipinski definition) is 3. The molecule has 0 spiro atoms. The van der Waals surface area contributed by atoms with Crippen molar-refractivity contribution in [3.8, 4) is 0 Å². The molecule has 1 aromatic rings. The smallest absolute Gasteiger partial charge is 0.326 e. The van der Waals surface area contributed by atoms with E-state index < -0.39 is 30.3 Å². The zero-order valence-corrected chi connectivity index (χ0v) is 11.6. The number of aliphatic carboxylic acids is 2. The van der Waals surface area contributed by atoms with Crippen molar-refractivity contribution in [1.82, 2.24) is 5.32 Å². The Morgan fingerprint density at radius 1 is 1.32 bits per heavy atom. The molecule has 3 N–H and O–H groups in total. The van der Waals surface area contributed by atoms with Gasteiger partial charge in [0.2, 0.25) is 0 Å². The van der Waals surface area contributed by atoms with Crippen LogP contribution < -0.4 is 5.32 Å². The molecule has 7 heteroatoms. The van der Waals surface area contributed by atoms with Crippen molar-refractivity contribution in [2.75, 3.05) is 0 Å². The average molecular weight is 330 g/mol. The molecule has 0 fully saturated rings. The fourth-order valence-electron chi connectivity index (χ4n) is 1.45. The lowest BCUT2D eigenvalue weighted by atomic mass is 10.1. The van der Waals surface area contributed by atoms with Crippen molar-refractivity contribution >= 4 is 33.8 Å². The first-order valence-corrected chi connectivity index (χ1v) is 6.12. The van der Waals surface area contributed by atoms with Crippen LogP contribution in [0.2, 0.25) is 0 Å². The number of aryl methyl sites for hydroxylation is 1. The second-order valence-corrected chi connectivity index (χ2v) is 4.84. The van der Waals surface area contributed by atoms with Gasteiger partial charge in [0.05, 0.1) is 6.42 Å². The maximum absolute atomic E-state index is 11.9. The standard InChI is InChI=1S/C12H12BrNO5/c1-6-2-3-7(13)4-8(6)11(17)14-9(12(18)19)5-10(15)16/h2-4,9H,5H2,1H3,(H,14,17)(H,15,16)(H,18,19)/t9-/m0/s1. The van der Waals surface area contributed by atoms with Gasteiger partial charge in [-0.05, 0) is 24.6 Å². The number of halogens is 1. The summed E-state index contributed by atoms with van der Waals surface area (Å²) in [5.74, 6) is -3.30. The van der Waals surface area contributed by atoms with Crippen molar-refractivity contribution in [3.05, 3.63) is 33.8 Å². The van der Waals surface area contributed by atoms with Gasteiger partial charge in [-0.15, -0.1) is 0 Å². The SMILES string of the molecule is Cc1ccc(Br)cc1C(=O)N[C@@H](CC(=O)O)C(=O)O. The summed E-state index contributed by atoms with van der Waals surface area (Å²) in [6.07, 6.45) is -0.672. The maximum atomic E-state index is 11.9. The van der Waals surface area contributed by atoms with Gasteiger partial charge in [-0.1, -0.05) is 22.0 Å². The van der Waals surface area contributed by atoms with Crippen molar-refractivity contribution in [2.24, 2.45) is 0 Å². The van der Waals surface area contributed by atoms with Crippen molar-refractivity contribution in [3.63, 3.8) is 0 Å². The molecule has 0 unspecified atom stereocenters. The van der Waals surface area contributed by atoms with Crippen LogP contribution in [-0.4, -0.2) is 34.1 Å². The lowest BCUT2D eigenvalue weighted by Crippen LogP contribution is -2.42. The second-order valence-electron chi connectivity index (χ2n) is 3.92. The Hall–Kier alpha value is -1.89. The Bertz CT molecular complexity index is 529. The highest BCUT2D eigenvalue weighted by molar-refractivity contribution is 9.10. The molecule has 19 heavy (non-hydrogen) atoms. The van der Waals surface area contributed by atoms with E-state index >= 15 is 0 Å². The number of amides is 1. The molecule has 0 saturated heterocycles. The highest BCUT2D eigenvalue weighted by Crippen LogP contribution is 2.16. The first kappa shape index (κ1) is 15.2. The van der Waals surface area contributed by atoms with Gasteiger partial charge < -0.3 is 15.5 Å². The number of benzene rings is 1. The number of carbonyl (C=O) groups is 3. The minimum absolute atomic E-state index is 0.297. The normalized spacial score (nSPS) is 11.7. The van der Waals surface area contributed by atoms with Crippen LogP contribution in [0.25, 0.3) is 0 Å². The highest BCUT2D eigenvalue weighted by atomic mass is 79.9. The second kappa shape index (κ2) is 6.33. The molecule has 6 nitrogen and oxygen atoms in total. The third-order valence-electron chi connectivity index (χ3n) is 2.43. The van der Waals surface area contributed by atoms with E-state index in [0.29, 0.717) is 15.6 Å². The van der Waals surface area contributed by atoms with E-state index in [2.05, 4.69) is 21.2 Å². The molecule has 1 amide bonds. The maximum Gasteiger partial charge on any atom is 0.326 e. The Kier molecular flexibility index (Phi) is 5.05. The lowest BCUT2D eigenvalue weighted by Gasteiger charge is -2.13. The molecule has 1 aromatic carbocycles. The highest BCUT2D eigenvalue weighted by Gasteiger charge is 2.24. The Morgan fingerprint density at radius 3 is 2.47 bits per heavy atom. The zero-order chi connectivity index (χ0) is 14.6. The Labute approximate surface area is 117 Å². The summed E-state index contributed by atoms with van der Waals surface area (Å²) in [5, 5.41) is 19.6. The molecule has 0 bridgehead atoms. The van der Waals surface area contributed by atoms with Crippen LogP contribution >= 0.6 is 15.9 Å². The molecule has 0 saturated carbocycles. The van der Waals surface area contributed by atoms with E-state index in [4.69, 9.17) is 10.2 Å². The Balaban J connectivity index is 2.90. The van der Waals surface area contributed by atoms with Crippen molar-refractivity contribution in [2.45, 2.75) is 19.4 Å². The van der Waals surface area contributed by atoms with E-state index in [1.807, 2.05) is 0 Å². The fourth-order valence-corrected chi connectivity index (χ4v) is 1.81. The summed E-state index contributed by atoms with van der Waals surface area (Å²) in [6, 6.07) is 3.54. The zero-order valence-electron chi connectivity index (χ0n) is 10.0. The van der Waals surface area contributed by atoms with E-state index in [-0.39, 0.29) is 0 Å². The Morgan fingerprint density at radius 2 is 1.95 bits per heavy atom. The molecular formula is C12H12BrNO5. The van der Waals surface area contributed by atoms with E-state index in [1.165, 1.54) is 0 Å². The summed E-state index contributed by atoms with van der Waals surface area (Å²) >= 11 is 3.21.